The molecule has 1 aromatic carbocycles. The van der Waals surface area contributed by atoms with Crippen molar-refractivity contribution in [2.75, 3.05) is 0 Å². The molecule has 0 aliphatic carbocycles. The Bertz CT molecular complexity index is 658. The summed E-state index contributed by atoms with van der Waals surface area (Å²) >= 11 is 5.97. The molecule has 0 amide bonds. The summed E-state index contributed by atoms with van der Waals surface area (Å²) in [6, 6.07) is 9.80. The lowest BCUT2D eigenvalue weighted by atomic mass is 10.2. The van der Waals surface area contributed by atoms with Crippen molar-refractivity contribution in [2.45, 2.75) is 6.92 Å². The van der Waals surface area contributed by atoms with Crippen molar-refractivity contribution in [1.29, 1.82) is 0 Å². The molecule has 4 heteroatoms. The molecule has 0 bridgehead atoms. The van der Waals surface area contributed by atoms with Crippen molar-refractivity contribution in [3.63, 3.8) is 0 Å². The monoisotopic (exact) mass is 244 g/mol. The zero-order valence-electron chi connectivity index (χ0n) is 9.14. The molecule has 0 spiro atoms. The number of hydrogen-bond acceptors (Lipinski definition) is 3. The first-order valence-electron chi connectivity index (χ1n) is 5.22. The van der Waals surface area contributed by atoms with Crippen molar-refractivity contribution in [1.82, 2.24) is 9.97 Å². The van der Waals surface area contributed by atoms with Crippen LogP contribution in [0.1, 0.15) is 5.56 Å². The number of halogens is 1. The molecule has 2 heterocycles. The van der Waals surface area contributed by atoms with E-state index in [0.717, 1.165) is 22.2 Å². The molecule has 2 aromatic heterocycles. The van der Waals surface area contributed by atoms with E-state index in [0.29, 0.717) is 10.9 Å². The average Bonchev–Trinajstić information content (AvgIpc) is 2.76. The molecule has 0 saturated heterocycles. The Morgan fingerprint density at radius 3 is 2.82 bits per heavy atom. The van der Waals surface area contributed by atoms with Crippen LogP contribution in [0.25, 0.3) is 22.4 Å². The minimum Gasteiger partial charge on any atom is -0.454 e. The van der Waals surface area contributed by atoms with Crippen LogP contribution >= 0.6 is 11.6 Å². The van der Waals surface area contributed by atoms with Gasteiger partial charge in [0.25, 0.3) is 0 Å². The van der Waals surface area contributed by atoms with Gasteiger partial charge in [0.1, 0.15) is 22.8 Å². The zero-order chi connectivity index (χ0) is 11.8. The maximum atomic E-state index is 5.97. The van der Waals surface area contributed by atoms with Crippen LogP contribution in [0.2, 0.25) is 5.15 Å². The van der Waals surface area contributed by atoms with Crippen LogP contribution < -0.4 is 0 Å². The molecule has 17 heavy (non-hydrogen) atoms. The Morgan fingerprint density at radius 1 is 1.18 bits per heavy atom. The molecule has 0 saturated carbocycles. The highest BCUT2D eigenvalue weighted by Gasteiger charge is 2.12. The first-order valence-corrected chi connectivity index (χ1v) is 5.59. The van der Waals surface area contributed by atoms with E-state index in [1.54, 1.807) is 0 Å². The molecule has 0 aliphatic heterocycles. The summed E-state index contributed by atoms with van der Waals surface area (Å²) in [4.78, 5) is 8.15. The van der Waals surface area contributed by atoms with E-state index >= 15 is 0 Å². The summed E-state index contributed by atoms with van der Waals surface area (Å²) in [5.41, 5.74) is 2.41. The van der Waals surface area contributed by atoms with Gasteiger partial charge in [-0.25, -0.2) is 9.97 Å². The predicted octanol–water partition coefficient (Wildman–Crippen LogP) is 3.85. The van der Waals surface area contributed by atoms with Crippen LogP contribution in [0, 0.1) is 6.92 Å². The third kappa shape index (κ3) is 1.68. The Kier molecular flexibility index (Phi) is 2.34. The summed E-state index contributed by atoms with van der Waals surface area (Å²) in [5, 5.41) is 1.51. The molecule has 0 unspecified atom stereocenters. The second-order valence-corrected chi connectivity index (χ2v) is 4.14. The molecule has 3 aromatic rings. The summed E-state index contributed by atoms with van der Waals surface area (Å²) in [7, 11) is 0. The maximum Gasteiger partial charge on any atom is 0.154 e. The smallest absolute Gasteiger partial charge is 0.154 e. The molecular weight excluding hydrogens is 236 g/mol. The van der Waals surface area contributed by atoms with Gasteiger partial charge >= 0.3 is 0 Å². The van der Waals surface area contributed by atoms with Gasteiger partial charge in [0, 0.05) is 10.9 Å². The highest BCUT2D eigenvalue weighted by atomic mass is 35.5. The SMILES string of the molecule is Cc1c(Cl)ncnc1-c1cc2ccccc2o1. The molecule has 0 fully saturated rings. The van der Waals surface area contributed by atoms with Gasteiger partial charge < -0.3 is 4.42 Å². The topological polar surface area (TPSA) is 38.9 Å². The van der Waals surface area contributed by atoms with Gasteiger partial charge in [-0.1, -0.05) is 29.8 Å². The fourth-order valence-electron chi connectivity index (χ4n) is 1.78. The number of benzene rings is 1. The highest BCUT2D eigenvalue weighted by Crippen LogP contribution is 2.29. The third-order valence-corrected chi connectivity index (χ3v) is 3.06. The standard InChI is InChI=1S/C13H9ClN2O/c1-8-12(15-7-16-13(8)14)11-6-9-4-2-3-5-10(9)17-11/h2-7H,1H3. The molecule has 3 rings (SSSR count). The molecule has 0 radical (unpaired) electrons. The van der Waals surface area contributed by atoms with Crippen molar-refractivity contribution in [3.8, 4) is 11.5 Å². The van der Waals surface area contributed by atoms with Crippen LogP contribution in [0.4, 0.5) is 0 Å². The van der Waals surface area contributed by atoms with E-state index < -0.39 is 0 Å². The normalized spacial score (nSPS) is 10.9. The van der Waals surface area contributed by atoms with Gasteiger partial charge in [-0.05, 0) is 19.1 Å². The lowest BCUT2D eigenvalue weighted by Gasteiger charge is -2.01. The second kappa shape index (κ2) is 3.86. The van der Waals surface area contributed by atoms with Gasteiger partial charge in [-0.3, -0.25) is 0 Å². The van der Waals surface area contributed by atoms with Crippen LogP contribution in [-0.2, 0) is 0 Å². The quantitative estimate of drug-likeness (QED) is 0.611. The fraction of sp³-hybridized carbons (Fsp3) is 0.0769. The Hall–Kier alpha value is -1.87. The summed E-state index contributed by atoms with van der Waals surface area (Å²) in [6.45, 7) is 1.88. The zero-order valence-corrected chi connectivity index (χ0v) is 9.90. The van der Waals surface area contributed by atoms with Crippen LogP contribution in [0.5, 0.6) is 0 Å². The third-order valence-electron chi connectivity index (χ3n) is 2.68. The lowest BCUT2D eigenvalue weighted by Crippen LogP contribution is -1.90. The first kappa shape index (κ1) is 10.3. The average molecular weight is 245 g/mol. The van der Waals surface area contributed by atoms with Crippen LogP contribution in [0.3, 0.4) is 0 Å². The number of hydrogen-bond donors (Lipinski definition) is 0. The Morgan fingerprint density at radius 2 is 2.00 bits per heavy atom. The highest BCUT2D eigenvalue weighted by molar-refractivity contribution is 6.30. The Balaban J connectivity index is 2.24. The van der Waals surface area contributed by atoms with E-state index in [1.807, 2.05) is 37.3 Å². The van der Waals surface area contributed by atoms with E-state index in [1.165, 1.54) is 6.33 Å². The first-order chi connectivity index (χ1) is 8.25. The molecule has 0 atom stereocenters. The largest absolute Gasteiger partial charge is 0.454 e. The molecule has 84 valence electrons. The summed E-state index contributed by atoms with van der Waals surface area (Å²) in [6.07, 6.45) is 1.44. The molecule has 0 N–H and O–H groups in total. The minimum atomic E-state index is 0.454. The number of furan rings is 1. The summed E-state index contributed by atoms with van der Waals surface area (Å²) in [5.74, 6) is 0.716. The number of para-hydroxylation sites is 1. The van der Waals surface area contributed by atoms with Gasteiger partial charge in [0.05, 0.1) is 0 Å². The van der Waals surface area contributed by atoms with Gasteiger partial charge in [0.15, 0.2) is 5.76 Å². The van der Waals surface area contributed by atoms with Crippen molar-refractivity contribution >= 4 is 22.6 Å². The molecule has 3 nitrogen and oxygen atoms in total. The van der Waals surface area contributed by atoms with Gasteiger partial charge in [-0.15, -0.1) is 0 Å². The van der Waals surface area contributed by atoms with E-state index in [9.17, 15) is 0 Å². The lowest BCUT2D eigenvalue weighted by molar-refractivity contribution is 0.627. The number of aromatic nitrogens is 2. The summed E-state index contributed by atoms with van der Waals surface area (Å²) < 4.78 is 5.74. The molecular formula is C13H9ClN2O. The second-order valence-electron chi connectivity index (χ2n) is 3.79. The van der Waals surface area contributed by atoms with Crippen molar-refractivity contribution in [2.24, 2.45) is 0 Å². The van der Waals surface area contributed by atoms with Gasteiger partial charge in [-0.2, -0.15) is 0 Å². The van der Waals surface area contributed by atoms with E-state index in [4.69, 9.17) is 16.0 Å². The number of fused-ring (bicyclic) bond motifs is 1. The predicted molar refractivity (Wildman–Crippen MR) is 67.0 cm³/mol. The van der Waals surface area contributed by atoms with Crippen LogP contribution in [0.15, 0.2) is 41.1 Å². The maximum absolute atomic E-state index is 5.97. The van der Waals surface area contributed by atoms with E-state index in [-0.39, 0.29) is 0 Å². The van der Waals surface area contributed by atoms with E-state index in [2.05, 4.69) is 9.97 Å². The van der Waals surface area contributed by atoms with Crippen molar-refractivity contribution < 1.29 is 4.42 Å². The fourth-order valence-corrected chi connectivity index (χ4v) is 1.91. The van der Waals surface area contributed by atoms with Gasteiger partial charge in [0.2, 0.25) is 0 Å². The van der Waals surface area contributed by atoms with Crippen LogP contribution in [-0.4, -0.2) is 9.97 Å². The van der Waals surface area contributed by atoms with Crippen molar-refractivity contribution in [3.05, 3.63) is 47.4 Å². The minimum absolute atomic E-state index is 0.454. The Labute approximate surface area is 103 Å². The number of rotatable bonds is 1. The molecule has 0 aliphatic rings. The number of nitrogens with zero attached hydrogens (tertiary/aromatic N) is 2.